The smallest absolute Gasteiger partial charge is 0.191 e. The Morgan fingerprint density at radius 3 is 2.42 bits per heavy atom. The summed E-state index contributed by atoms with van der Waals surface area (Å²) in [5, 5.41) is 17.7. The lowest BCUT2D eigenvalue weighted by atomic mass is 9.93. The zero-order valence-corrected chi connectivity index (χ0v) is 17.7. The molecule has 0 saturated heterocycles. The predicted octanol–water partition coefficient (Wildman–Crippen LogP) is 4.01. The van der Waals surface area contributed by atoms with Crippen molar-refractivity contribution in [2.45, 2.75) is 51.2 Å². The van der Waals surface area contributed by atoms with Gasteiger partial charge in [0.15, 0.2) is 5.96 Å². The maximum Gasteiger partial charge on any atom is 0.191 e. The molecule has 0 bridgehead atoms. The van der Waals surface area contributed by atoms with E-state index < -0.39 is 0 Å². The van der Waals surface area contributed by atoms with Crippen LogP contribution in [0.15, 0.2) is 23.2 Å². The molecule has 0 unspecified atom stereocenters. The minimum atomic E-state index is -0.144. The molecule has 1 aromatic carbocycles. The number of nitrogens with zero attached hydrogens (tertiary/aromatic N) is 1. The first-order valence-electron chi connectivity index (χ1n) is 8.26. The number of hydrogen-bond donors (Lipinski definition) is 3. The van der Waals surface area contributed by atoms with E-state index in [1.807, 2.05) is 25.1 Å². The van der Waals surface area contributed by atoms with Crippen molar-refractivity contribution in [1.29, 1.82) is 0 Å². The topological polar surface area (TPSA) is 56.7 Å². The molecule has 0 radical (unpaired) electrons. The average molecular weight is 486 g/mol. The van der Waals surface area contributed by atoms with Gasteiger partial charge in [-0.05, 0) is 56.7 Å². The highest BCUT2D eigenvalue weighted by Gasteiger charge is 2.19. The van der Waals surface area contributed by atoms with Crippen molar-refractivity contribution in [3.05, 3.63) is 33.8 Å². The second kappa shape index (κ2) is 11.4. The summed E-state index contributed by atoms with van der Waals surface area (Å²) in [7, 11) is 0. The van der Waals surface area contributed by atoms with E-state index in [-0.39, 0.29) is 30.1 Å². The molecule has 1 saturated carbocycles. The Hall–Kier alpha value is -0.240. The van der Waals surface area contributed by atoms with E-state index in [1.165, 1.54) is 0 Å². The average Bonchev–Trinajstić information content (AvgIpc) is 2.52. The first-order chi connectivity index (χ1) is 11.1. The van der Waals surface area contributed by atoms with Gasteiger partial charge < -0.3 is 15.7 Å². The molecule has 1 aliphatic rings. The third-order valence-corrected chi connectivity index (χ3v) is 4.78. The first kappa shape index (κ1) is 21.8. The molecule has 1 aliphatic carbocycles. The Bertz CT molecular complexity index is 514. The summed E-state index contributed by atoms with van der Waals surface area (Å²) in [6.07, 6.45) is 4.22. The van der Waals surface area contributed by atoms with Crippen molar-refractivity contribution in [1.82, 2.24) is 10.6 Å². The van der Waals surface area contributed by atoms with E-state index in [0.717, 1.165) is 43.8 Å². The molecule has 0 aromatic heterocycles. The summed E-state index contributed by atoms with van der Waals surface area (Å²) >= 11 is 12.4. The minimum absolute atomic E-state index is 0. The zero-order valence-electron chi connectivity index (χ0n) is 13.9. The minimum Gasteiger partial charge on any atom is -0.393 e. The molecular weight excluding hydrogens is 460 g/mol. The normalized spacial score (nSPS) is 21.1. The molecule has 1 aromatic rings. The molecule has 4 nitrogen and oxygen atoms in total. The molecule has 0 amide bonds. The fourth-order valence-electron chi connectivity index (χ4n) is 2.78. The van der Waals surface area contributed by atoms with Crippen molar-refractivity contribution >= 4 is 53.1 Å². The number of benzene rings is 1. The van der Waals surface area contributed by atoms with Gasteiger partial charge in [0.25, 0.3) is 0 Å². The molecule has 3 N–H and O–H groups in total. The van der Waals surface area contributed by atoms with Crippen LogP contribution in [0.1, 0.15) is 38.2 Å². The summed E-state index contributed by atoms with van der Waals surface area (Å²) < 4.78 is 0. The largest absolute Gasteiger partial charge is 0.393 e. The first-order valence-corrected chi connectivity index (χ1v) is 9.01. The summed E-state index contributed by atoms with van der Waals surface area (Å²) in [5.41, 5.74) is 0.941. The fourth-order valence-corrected chi connectivity index (χ4v) is 3.37. The van der Waals surface area contributed by atoms with Gasteiger partial charge >= 0.3 is 0 Å². The lowest BCUT2D eigenvalue weighted by molar-refractivity contribution is 0.120. The van der Waals surface area contributed by atoms with Crippen LogP contribution in [0.5, 0.6) is 0 Å². The van der Waals surface area contributed by atoms with Crippen LogP contribution in [0.25, 0.3) is 0 Å². The fraction of sp³-hybridized carbons (Fsp3) is 0.588. The van der Waals surface area contributed by atoms with E-state index in [9.17, 15) is 5.11 Å². The number of aliphatic imine (C=N–C) groups is 1. The number of aliphatic hydroxyl groups is 1. The van der Waals surface area contributed by atoms with Crippen molar-refractivity contribution in [3.8, 4) is 0 Å². The van der Waals surface area contributed by atoms with Crippen LogP contribution in [0, 0.1) is 0 Å². The van der Waals surface area contributed by atoms with Gasteiger partial charge in [0, 0.05) is 29.2 Å². The monoisotopic (exact) mass is 485 g/mol. The van der Waals surface area contributed by atoms with Gasteiger partial charge in [0.1, 0.15) is 0 Å². The molecule has 2 rings (SSSR count). The quantitative estimate of drug-likeness (QED) is 0.335. The van der Waals surface area contributed by atoms with Gasteiger partial charge in [-0.25, -0.2) is 0 Å². The number of guanidine groups is 1. The van der Waals surface area contributed by atoms with E-state index in [1.54, 1.807) is 0 Å². The number of nitrogens with one attached hydrogen (secondary N) is 2. The Kier molecular flexibility index (Phi) is 10.3. The van der Waals surface area contributed by atoms with Gasteiger partial charge in [-0.2, -0.15) is 0 Å². The maximum atomic E-state index is 9.59. The SMILES string of the molecule is CCNC(=NCCc1c(Cl)cccc1Cl)NC1CCC(O)CC1.I. The number of aliphatic hydroxyl groups excluding tert-OH is 1. The molecule has 0 spiro atoms. The maximum absolute atomic E-state index is 9.59. The van der Waals surface area contributed by atoms with Crippen molar-refractivity contribution in [2.24, 2.45) is 4.99 Å². The van der Waals surface area contributed by atoms with Crippen LogP contribution < -0.4 is 10.6 Å². The highest BCUT2D eigenvalue weighted by molar-refractivity contribution is 14.0. The highest BCUT2D eigenvalue weighted by atomic mass is 127. The van der Waals surface area contributed by atoms with Gasteiger partial charge in [-0.15, -0.1) is 24.0 Å². The van der Waals surface area contributed by atoms with Gasteiger partial charge in [-0.1, -0.05) is 29.3 Å². The zero-order chi connectivity index (χ0) is 16.7. The van der Waals surface area contributed by atoms with Crippen LogP contribution in [0.3, 0.4) is 0 Å². The highest BCUT2D eigenvalue weighted by Crippen LogP contribution is 2.24. The molecule has 24 heavy (non-hydrogen) atoms. The van der Waals surface area contributed by atoms with Gasteiger partial charge in [-0.3, -0.25) is 4.99 Å². The third kappa shape index (κ3) is 6.94. The van der Waals surface area contributed by atoms with E-state index in [0.29, 0.717) is 29.1 Å². The molecular formula is C17H26Cl2IN3O. The third-order valence-electron chi connectivity index (χ3n) is 4.08. The second-order valence-electron chi connectivity index (χ2n) is 5.86. The number of hydrogen-bond acceptors (Lipinski definition) is 2. The standard InChI is InChI=1S/C17H25Cl2N3O.HI/c1-2-20-17(22-12-6-8-13(23)9-7-12)21-11-10-14-15(18)4-3-5-16(14)19;/h3-5,12-13,23H,2,6-11H2,1H3,(H2,20,21,22);1H. The van der Waals surface area contributed by atoms with E-state index in [2.05, 4.69) is 15.6 Å². The molecule has 1 fully saturated rings. The van der Waals surface area contributed by atoms with E-state index >= 15 is 0 Å². The summed E-state index contributed by atoms with van der Waals surface area (Å²) in [4.78, 5) is 4.62. The second-order valence-corrected chi connectivity index (χ2v) is 6.68. The number of rotatable bonds is 5. The van der Waals surface area contributed by atoms with Crippen LogP contribution in [-0.2, 0) is 6.42 Å². The summed E-state index contributed by atoms with van der Waals surface area (Å²) in [6.45, 7) is 3.48. The molecule has 0 atom stereocenters. The van der Waals surface area contributed by atoms with Crippen LogP contribution in [0.2, 0.25) is 10.0 Å². The summed E-state index contributed by atoms with van der Waals surface area (Å²) in [6, 6.07) is 5.92. The molecule has 0 heterocycles. The Balaban J connectivity index is 0.00000288. The van der Waals surface area contributed by atoms with Crippen LogP contribution >= 0.6 is 47.2 Å². The molecule has 136 valence electrons. The Morgan fingerprint density at radius 2 is 1.83 bits per heavy atom. The van der Waals surface area contributed by atoms with Gasteiger partial charge in [0.05, 0.1) is 6.10 Å². The van der Waals surface area contributed by atoms with Crippen molar-refractivity contribution < 1.29 is 5.11 Å². The van der Waals surface area contributed by atoms with E-state index in [4.69, 9.17) is 23.2 Å². The Morgan fingerprint density at radius 1 is 1.21 bits per heavy atom. The van der Waals surface area contributed by atoms with Crippen LogP contribution in [-0.4, -0.2) is 36.3 Å². The Labute approximate surface area is 171 Å². The summed E-state index contributed by atoms with van der Waals surface area (Å²) in [5.74, 6) is 0.817. The molecule has 0 aliphatic heterocycles. The van der Waals surface area contributed by atoms with Crippen LogP contribution in [0.4, 0.5) is 0 Å². The lowest BCUT2D eigenvalue weighted by Gasteiger charge is -2.27. The molecule has 7 heteroatoms. The number of halogens is 3. The predicted molar refractivity (Wildman–Crippen MR) is 113 cm³/mol. The van der Waals surface area contributed by atoms with Crippen molar-refractivity contribution in [3.63, 3.8) is 0 Å². The lowest BCUT2D eigenvalue weighted by Crippen LogP contribution is -2.45. The van der Waals surface area contributed by atoms with Crippen molar-refractivity contribution in [2.75, 3.05) is 13.1 Å². The van der Waals surface area contributed by atoms with Gasteiger partial charge in [0.2, 0.25) is 0 Å².